The van der Waals surface area contributed by atoms with Gasteiger partial charge in [-0.2, -0.15) is 0 Å². The van der Waals surface area contributed by atoms with Crippen molar-refractivity contribution in [2.45, 2.75) is 26.7 Å². The molecule has 1 aliphatic heterocycles. The van der Waals surface area contributed by atoms with Crippen LogP contribution in [0.25, 0.3) is 16.7 Å². The second-order valence-electron chi connectivity index (χ2n) is 7.56. The van der Waals surface area contributed by atoms with Crippen molar-refractivity contribution in [3.8, 4) is 11.4 Å². The van der Waals surface area contributed by atoms with Crippen LogP contribution in [0.4, 0.5) is 10.1 Å². The Hall–Kier alpha value is -2.34. The lowest BCUT2D eigenvalue weighted by atomic mass is 9.82. The van der Waals surface area contributed by atoms with Gasteiger partial charge in [0, 0.05) is 24.8 Å². The van der Waals surface area contributed by atoms with E-state index in [1.807, 2.05) is 24.3 Å². The van der Waals surface area contributed by atoms with Gasteiger partial charge in [0.25, 0.3) is 0 Å². The fraction of sp³-hybridized carbons (Fsp3) is 0.368. The molecule has 136 valence electrons. The SMILES string of the molecule is CC1(C)CCN(c2ccc(-n3nnc4c(Cl)c(F)c(O)cc43)cc2)CC1. The third-order valence-electron chi connectivity index (χ3n) is 5.18. The van der Waals surface area contributed by atoms with E-state index in [-0.39, 0.29) is 10.5 Å². The lowest BCUT2D eigenvalue weighted by molar-refractivity contribution is 0.280. The Morgan fingerprint density at radius 3 is 2.38 bits per heavy atom. The molecule has 2 aromatic carbocycles. The highest BCUT2D eigenvalue weighted by atomic mass is 35.5. The van der Waals surface area contributed by atoms with Crippen molar-refractivity contribution in [2.75, 3.05) is 18.0 Å². The molecule has 7 heteroatoms. The molecule has 0 aliphatic carbocycles. The van der Waals surface area contributed by atoms with Gasteiger partial charge >= 0.3 is 0 Å². The molecule has 0 bridgehead atoms. The summed E-state index contributed by atoms with van der Waals surface area (Å²) in [5, 5.41) is 17.5. The Labute approximate surface area is 156 Å². The van der Waals surface area contributed by atoms with Crippen LogP contribution >= 0.6 is 11.6 Å². The molecular formula is C19H20ClFN4O. The van der Waals surface area contributed by atoms with Crippen LogP contribution in [0.5, 0.6) is 5.75 Å². The number of piperidine rings is 1. The number of phenolic OH excluding ortho intramolecular Hbond substituents is 1. The first-order valence-electron chi connectivity index (χ1n) is 8.63. The summed E-state index contributed by atoms with van der Waals surface area (Å²) in [6.07, 6.45) is 2.34. The molecule has 1 aliphatic rings. The summed E-state index contributed by atoms with van der Waals surface area (Å²) in [7, 11) is 0. The second-order valence-corrected chi connectivity index (χ2v) is 7.94. The second kappa shape index (κ2) is 6.13. The normalized spacial score (nSPS) is 17.0. The highest BCUT2D eigenvalue weighted by Gasteiger charge is 2.25. The standard InChI is InChI=1S/C19H20ClFN4O/c1-19(2)7-9-24(10-8-19)12-3-5-13(6-4-12)25-14-11-15(26)17(21)16(20)18(14)22-23-25/h3-6,11,26H,7-10H2,1-2H3. The lowest BCUT2D eigenvalue weighted by Gasteiger charge is -2.38. The quantitative estimate of drug-likeness (QED) is 0.715. The first kappa shape index (κ1) is 17.1. The molecule has 0 unspecified atom stereocenters. The van der Waals surface area contributed by atoms with E-state index in [1.54, 1.807) is 4.68 Å². The minimum Gasteiger partial charge on any atom is -0.505 e. The molecule has 2 heterocycles. The van der Waals surface area contributed by atoms with E-state index in [0.717, 1.165) is 18.8 Å². The number of hydrogen-bond acceptors (Lipinski definition) is 4. The molecule has 0 saturated carbocycles. The van der Waals surface area contributed by atoms with E-state index in [0.29, 0.717) is 10.9 Å². The molecular weight excluding hydrogens is 355 g/mol. The zero-order chi connectivity index (χ0) is 18.5. The average Bonchev–Trinajstić information content (AvgIpc) is 3.04. The topological polar surface area (TPSA) is 54.2 Å². The number of aromatic nitrogens is 3. The minimum absolute atomic E-state index is 0.223. The van der Waals surface area contributed by atoms with Crippen molar-refractivity contribution in [3.63, 3.8) is 0 Å². The number of benzene rings is 2. The number of anilines is 1. The molecule has 4 rings (SSSR count). The van der Waals surface area contributed by atoms with Crippen molar-refractivity contribution in [1.29, 1.82) is 0 Å². The van der Waals surface area contributed by atoms with E-state index in [1.165, 1.54) is 24.6 Å². The molecule has 1 N–H and O–H groups in total. The number of hydrogen-bond donors (Lipinski definition) is 1. The summed E-state index contributed by atoms with van der Waals surface area (Å²) in [4.78, 5) is 2.38. The third kappa shape index (κ3) is 2.88. The Morgan fingerprint density at radius 2 is 1.73 bits per heavy atom. The molecule has 0 spiro atoms. The fourth-order valence-corrected chi connectivity index (χ4v) is 3.58. The van der Waals surface area contributed by atoms with Gasteiger partial charge in [-0.25, -0.2) is 9.07 Å². The van der Waals surface area contributed by atoms with Gasteiger partial charge in [-0.05, 0) is 42.5 Å². The predicted molar refractivity (Wildman–Crippen MR) is 101 cm³/mol. The summed E-state index contributed by atoms with van der Waals surface area (Å²) in [5.74, 6) is -1.40. The maximum Gasteiger partial charge on any atom is 0.185 e. The van der Waals surface area contributed by atoms with E-state index in [4.69, 9.17) is 11.6 Å². The molecule has 0 radical (unpaired) electrons. The molecule has 26 heavy (non-hydrogen) atoms. The van der Waals surface area contributed by atoms with Crippen molar-refractivity contribution >= 4 is 28.3 Å². The summed E-state index contributed by atoms with van der Waals surface area (Å²) >= 11 is 5.92. The number of phenols is 1. The summed E-state index contributed by atoms with van der Waals surface area (Å²) in [6, 6.07) is 9.27. The molecule has 3 aromatic rings. The van der Waals surface area contributed by atoms with Crippen LogP contribution in [0.1, 0.15) is 26.7 Å². The van der Waals surface area contributed by atoms with Gasteiger partial charge in [0.1, 0.15) is 16.1 Å². The van der Waals surface area contributed by atoms with Crippen LogP contribution in [-0.4, -0.2) is 33.2 Å². The summed E-state index contributed by atoms with van der Waals surface area (Å²) in [5.41, 5.74) is 3.04. The maximum absolute atomic E-state index is 13.7. The average molecular weight is 375 g/mol. The smallest absolute Gasteiger partial charge is 0.185 e. The highest BCUT2D eigenvalue weighted by molar-refractivity contribution is 6.35. The van der Waals surface area contributed by atoms with Gasteiger partial charge in [-0.3, -0.25) is 0 Å². The van der Waals surface area contributed by atoms with Crippen LogP contribution in [0.15, 0.2) is 30.3 Å². The number of aromatic hydroxyl groups is 1. The van der Waals surface area contributed by atoms with Crippen molar-refractivity contribution in [2.24, 2.45) is 5.41 Å². The first-order chi connectivity index (χ1) is 12.4. The van der Waals surface area contributed by atoms with Crippen molar-refractivity contribution < 1.29 is 9.50 Å². The lowest BCUT2D eigenvalue weighted by Crippen LogP contribution is -2.37. The largest absolute Gasteiger partial charge is 0.505 e. The Balaban J connectivity index is 1.65. The molecule has 1 fully saturated rings. The predicted octanol–water partition coefficient (Wildman–Crippen LogP) is 4.55. The van der Waals surface area contributed by atoms with Gasteiger partial charge in [-0.1, -0.05) is 30.7 Å². The van der Waals surface area contributed by atoms with E-state index in [2.05, 4.69) is 29.1 Å². The Bertz CT molecular complexity index is 958. The monoisotopic (exact) mass is 374 g/mol. The minimum atomic E-state index is -0.880. The van der Waals surface area contributed by atoms with Crippen molar-refractivity contribution in [3.05, 3.63) is 41.2 Å². The Morgan fingerprint density at radius 1 is 1.12 bits per heavy atom. The summed E-state index contributed by atoms with van der Waals surface area (Å²) < 4.78 is 15.3. The van der Waals surface area contributed by atoms with Crippen LogP contribution in [-0.2, 0) is 0 Å². The Kier molecular flexibility index (Phi) is 4.03. The van der Waals surface area contributed by atoms with Gasteiger partial charge in [0.15, 0.2) is 11.6 Å². The van der Waals surface area contributed by atoms with Crippen LogP contribution in [0.3, 0.4) is 0 Å². The zero-order valence-electron chi connectivity index (χ0n) is 14.7. The van der Waals surface area contributed by atoms with Gasteiger partial charge in [-0.15, -0.1) is 5.10 Å². The van der Waals surface area contributed by atoms with Crippen LogP contribution in [0.2, 0.25) is 5.02 Å². The number of halogens is 2. The first-order valence-corrected chi connectivity index (χ1v) is 9.01. The number of fused-ring (bicyclic) bond motifs is 1. The van der Waals surface area contributed by atoms with E-state index >= 15 is 0 Å². The molecule has 1 aromatic heterocycles. The molecule has 0 atom stereocenters. The fourth-order valence-electron chi connectivity index (χ4n) is 3.35. The molecule has 1 saturated heterocycles. The third-order valence-corrected chi connectivity index (χ3v) is 5.53. The van der Waals surface area contributed by atoms with Gasteiger partial charge < -0.3 is 10.0 Å². The van der Waals surface area contributed by atoms with E-state index < -0.39 is 11.6 Å². The van der Waals surface area contributed by atoms with Crippen molar-refractivity contribution in [1.82, 2.24) is 15.0 Å². The van der Waals surface area contributed by atoms with Gasteiger partial charge in [0.05, 0.1) is 5.69 Å². The summed E-state index contributed by atoms with van der Waals surface area (Å²) in [6.45, 7) is 6.71. The molecule has 5 nitrogen and oxygen atoms in total. The zero-order valence-corrected chi connectivity index (χ0v) is 15.5. The van der Waals surface area contributed by atoms with E-state index in [9.17, 15) is 9.50 Å². The molecule has 0 amide bonds. The highest BCUT2D eigenvalue weighted by Crippen LogP contribution is 2.34. The number of rotatable bonds is 2. The van der Waals surface area contributed by atoms with Crippen LogP contribution < -0.4 is 4.90 Å². The number of nitrogens with zero attached hydrogens (tertiary/aromatic N) is 4. The maximum atomic E-state index is 13.7. The van der Waals surface area contributed by atoms with Gasteiger partial charge in [0.2, 0.25) is 0 Å². The van der Waals surface area contributed by atoms with Crippen LogP contribution in [0, 0.1) is 11.2 Å².